The third-order valence-corrected chi connectivity index (χ3v) is 10.7. The normalized spacial score (nSPS) is 29.1. The highest BCUT2D eigenvalue weighted by Crippen LogP contribution is 2.41. The maximum absolute atomic E-state index is 14.8. The Morgan fingerprint density at radius 3 is 2.38 bits per heavy atom. The first-order valence-corrected chi connectivity index (χ1v) is 18.3. The van der Waals surface area contributed by atoms with Gasteiger partial charge < -0.3 is 23.8 Å². The van der Waals surface area contributed by atoms with Crippen molar-refractivity contribution in [2.45, 2.75) is 135 Å². The van der Waals surface area contributed by atoms with Crippen LogP contribution in [-0.2, 0) is 30.3 Å². The Bertz CT molecular complexity index is 1480. The first kappa shape index (κ1) is 34.4. The molecule has 0 N–H and O–H groups in total. The van der Waals surface area contributed by atoms with Gasteiger partial charge in [-0.25, -0.2) is 14.8 Å². The number of hydrogen-bond donors (Lipinski definition) is 0. The topological polar surface area (TPSA) is 117 Å². The lowest BCUT2D eigenvalue weighted by atomic mass is 9.77. The number of carbonyl (C=O) groups excluding carboxylic acids is 3. The van der Waals surface area contributed by atoms with Crippen molar-refractivity contribution in [3.05, 3.63) is 23.9 Å². The van der Waals surface area contributed by atoms with Crippen LogP contribution in [0.5, 0.6) is 11.6 Å². The molecule has 3 heterocycles. The molecule has 10 heteroatoms. The zero-order chi connectivity index (χ0) is 34.0. The number of nitrogens with zero attached hydrogens (tertiary/aromatic N) is 3. The molecule has 0 spiro atoms. The fraction of sp³-hybridized carbons (Fsp3) is 0.711. The number of fused-ring (bicyclic) bond motifs is 5. The second-order valence-corrected chi connectivity index (χ2v) is 15.4. The molecule has 48 heavy (non-hydrogen) atoms. The Kier molecular flexibility index (Phi) is 10.5. The van der Waals surface area contributed by atoms with E-state index in [1.807, 2.05) is 45.9 Å². The van der Waals surface area contributed by atoms with Gasteiger partial charge in [0, 0.05) is 12.0 Å². The van der Waals surface area contributed by atoms with Gasteiger partial charge in [-0.2, -0.15) is 0 Å². The summed E-state index contributed by atoms with van der Waals surface area (Å²) >= 11 is 0. The fourth-order valence-corrected chi connectivity index (χ4v) is 8.11. The van der Waals surface area contributed by atoms with Crippen molar-refractivity contribution in [2.75, 3.05) is 13.7 Å². The van der Waals surface area contributed by atoms with Gasteiger partial charge in [0.15, 0.2) is 0 Å². The number of methoxy groups -OCH3 is 1. The molecule has 3 fully saturated rings. The number of rotatable bonds is 4. The number of ether oxygens (including phenoxy) is 4. The Balaban J connectivity index is 1.39. The smallest absolute Gasteiger partial charge is 0.329 e. The van der Waals surface area contributed by atoms with Gasteiger partial charge in [-0.3, -0.25) is 9.59 Å². The number of carbonyl (C=O) groups is 3. The van der Waals surface area contributed by atoms with E-state index in [9.17, 15) is 14.4 Å². The summed E-state index contributed by atoms with van der Waals surface area (Å²) in [5, 5.41) is 0. The predicted octanol–water partition coefficient (Wildman–Crippen LogP) is 6.60. The quantitative estimate of drug-likeness (QED) is 0.334. The molecule has 2 aromatic rings. The lowest BCUT2D eigenvalue weighted by molar-refractivity contribution is -0.166. The summed E-state index contributed by atoms with van der Waals surface area (Å²) < 4.78 is 24.2. The number of aromatic nitrogens is 2. The van der Waals surface area contributed by atoms with E-state index in [0.717, 1.165) is 75.4 Å². The Labute approximate surface area is 284 Å². The van der Waals surface area contributed by atoms with Gasteiger partial charge in [0.25, 0.3) is 0 Å². The summed E-state index contributed by atoms with van der Waals surface area (Å²) in [6, 6.07) is 4.80. The molecule has 1 saturated heterocycles. The molecule has 1 aromatic carbocycles. The van der Waals surface area contributed by atoms with E-state index >= 15 is 0 Å². The molecule has 262 valence electrons. The highest BCUT2D eigenvalue weighted by atomic mass is 16.6. The van der Waals surface area contributed by atoms with Crippen molar-refractivity contribution in [3.8, 4) is 11.6 Å². The van der Waals surface area contributed by atoms with Crippen LogP contribution in [0.2, 0.25) is 0 Å². The third-order valence-electron chi connectivity index (χ3n) is 10.7. The van der Waals surface area contributed by atoms with Gasteiger partial charge in [0.05, 0.1) is 37.0 Å². The summed E-state index contributed by atoms with van der Waals surface area (Å²) in [6.07, 6.45) is 10.6. The van der Waals surface area contributed by atoms with E-state index in [0.29, 0.717) is 35.9 Å². The molecule has 4 aliphatic rings. The largest absolute Gasteiger partial charge is 0.497 e. The number of amides is 1. The summed E-state index contributed by atoms with van der Waals surface area (Å²) in [6.45, 7) is 7.73. The van der Waals surface area contributed by atoms with E-state index < -0.39 is 29.6 Å². The van der Waals surface area contributed by atoms with Gasteiger partial charge in [-0.05, 0) is 89.7 Å². The minimum absolute atomic E-state index is 0.0364. The molecule has 2 aliphatic heterocycles. The van der Waals surface area contributed by atoms with Gasteiger partial charge in [-0.1, -0.05) is 39.0 Å². The molecule has 10 nitrogen and oxygen atoms in total. The highest BCUT2D eigenvalue weighted by molar-refractivity contribution is 5.89. The maximum atomic E-state index is 14.8. The van der Waals surface area contributed by atoms with Gasteiger partial charge >= 0.3 is 11.9 Å². The lowest BCUT2D eigenvalue weighted by Crippen LogP contribution is -2.49. The predicted molar refractivity (Wildman–Crippen MR) is 180 cm³/mol. The second-order valence-electron chi connectivity index (χ2n) is 15.4. The van der Waals surface area contributed by atoms with Crippen LogP contribution < -0.4 is 9.47 Å². The van der Waals surface area contributed by atoms with Crippen LogP contribution in [-0.4, -0.2) is 70.2 Å². The minimum Gasteiger partial charge on any atom is -0.497 e. The average Bonchev–Trinajstić information content (AvgIpc) is 3.68. The monoisotopic (exact) mass is 663 g/mol. The van der Waals surface area contributed by atoms with Crippen LogP contribution in [0, 0.1) is 23.7 Å². The van der Waals surface area contributed by atoms with Crippen molar-refractivity contribution in [2.24, 2.45) is 23.7 Å². The van der Waals surface area contributed by atoms with Gasteiger partial charge in [-0.15, -0.1) is 0 Å². The van der Waals surface area contributed by atoms with Crippen molar-refractivity contribution >= 4 is 28.9 Å². The van der Waals surface area contributed by atoms with Gasteiger partial charge in [0.1, 0.15) is 35.3 Å². The average molecular weight is 664 g/mol. The molecule has 1 aromatic heterocycles. The SMILES string of the molecule is CC[C@@H]1[C@@H]2CN(C(=O)[C@H](C3CCCCC3)CC(=O)O[C@@H]3C[C@H]3CCCCCc3nc4ccc(OC)cc4nc3O2)[C@@H]1C(=O)OC(C)(C)C. The Hall–Kier alpha value is -3.43. The van der Waals surface area contributed by atoms with Crippen LogP contribution >= 0.6 is 0 Å². The van der Waals surface area contributed by atoms with Crippen molar-refractivity contribution in [1.29, 1.82) is 0 Å². The zero-order valence-corrected chi connectivity index (χ0v) is 29.4. The van der Waals surface area contributed by atoms with Crippen LogP contribution in [0.25, 0.3) is 11.0 Å². The van der Waals surface area contributed by atoms with E-state index in [2.05, 4.69) is 0 Å². The van der Waals surface area contributed by atoms with Gasteiger partial charge in [0.2, 0.25) is 11.8 Å². The zero-order valence-electron chi connectivity index (χ0n) is 29.4. The molecule has 2 saturated carbocycles. The maximum Gasteiger partial charge on any atom is 0.329 e. The standard InChI is InChI=1S/C38H53N3O7/c1-6-26-32-22-41(34(26)37(44)48-38(2,3)4)36(43)27(23-13-9-7-10-14-23)21-33(42)46-31-19-24(31)15-11-8-12-16-29-35(47-32)40-30-20-25(45-5)17-18-28(30)39-29/h17-18,20,23-24,26-27,31-32,34H,6-16,19,21-22H2,1-5H3/t24-,26-,27+,31-,32+,34+/m1/s1. The Morgan fingerprint density at radius 2 is 1.67 bits per heavy atom. The second kappa shape index (κ2) is 14.6. The molecule has 2 aliphatic carbocycles. The van der Waals surface area contributed by atoms with E-state index in [-0.39, 0.29) is 42.8 Å². The fourth-order valence-electron chi connectivity index (χ4n) is 8.11. The summed E-state index contributed by atoms with van der Waals surface area (Å²) in [5.74, 6) is -0.261. The Morgan fingerprint density at radius 1 is 0.938 bits per heavy atom. The van der Waals surface area contributed by atoms with Crippen LogP contribution in [0.1, 0.15) is 110 Å². The van der Waals surface area contributed by atoms with Crippen LogP contribution in [0.3, 0.4) is 0 Å². The minimum atomic E-state index is -0.847. The molecule has 1 amide bonds. The summed E-state index contributed by atoms with van der Waals surface area (Å²) in [7, 11) is 1.62. The molecular weight excluding hydrogens is 610 g/mol. The van der Waals surface area contributed by atoms with Crippen molar-refractivity contribution in [3.63, 3.8) is 0 Å². The number of aryl methyl sites for hydroxylation is 1. The molecular formula is C38H53N3O7. The summed E-state index contributed by atoms with van der Waals surface area (Å²) in [5.41, 5.74) is 1.47. The number of hydrogen-bond acceptors (Lipinski definition) is 9. The van der Waals surface area contributed by atoms with Crippen molar-refractivity contribution < 1.29 is 33.3 Å². The number of benzene rings is 1. The first-order chi connectivity index (χ1) is 23.0. The molecule has 0 radical (unpaired) electrons. The first-order valence-electron chi connectivity index (χ1n) is 18.3. The van der Waals surface area contributed by atoms with E-state index in [1.54, 1.807) is 12.0 Å². The molecule has 6 rings (SSSR count). The van der Waals surface area contributed by atoms with E-state index in [4.69, 9.17) is 28.9 Å². The molecule has 2 bridgehead atoms. The molecule has 0 unspecified atom stereocenters. The molecule has 6 atom stereocenters. The van der Waals surface area contributed by atoms with Crippen molar-refractivity contribution in [1.82, 2.24) is 14.9 Å². The van der Waals surface area contributed by atoms with E-state index in [1.165, 1.54) is 0 Å². The number of esters is 2. The lowest BCUT2D eigenvalue weighted by Gasteiger charge is -2.35. The van der Waals surface area contributed by atoms with Crippen LogP contribution in [0.15, 0.2) is 18.2 Å². The highest BCUT2D eigenvalue weighted by Gasteiger charge is 2.52. The summed E-state index contributed by atoms with van der Waals surface area (Å²) in [4.78, 5) is 53.8. The van der Waals surface area contributed by atoms with Crippen LogP contribution in [0.4, 0.5) is 0 Å². The third kappa shape index (κ3) is 7.89.